The molecule has 0 spiro atoms. The molecule has 1 aromatic carbocycles. The van der Waals surface area contributed by atoms with Gasteiger partial charge in [-0.3, -0.25) is 19.8 Å². The number of piperidine rings is 1. The molecule has 0 radical (unpaired) electrons. The predicted octanol–water partition coefficient (Wildman–Crippen LogP) is 2.24. The second-order valence-electron chi connectivity index (χ2n) is 6.51. The van der Waals surface area contributed by atoms with E-state index in [-0.39, 0.29) is 32.5 Å². The number of benzene rings is 1. The summed E-state index contributed by atoms with van der Waals surface area (Å²) in [6.07, 6.45) is -4.75. The number of hydrogen-bond donors (Lipinski definition) is 2. The van der Waals surface area contributed by atoms with E-state index in [0.29, 0.717) is 0 Å². The topological polar surface area (TPSA) is 78.5 Å². The van der Waals surface area contributed by atoms with Crippen molar-refractivity contribution >= 4 is 17.7 Å². The van der Waals surface area contributed by atoms with Crippen molar-refractivity contribution in [3.63, 3.8) is 0 Å². The molecule has 1 heterocycles. The number of alkyl halides is 3. The minimum absolute atomic E-state index is 0.0379. The smallest absolute Gasteiger partial charge is 0.334 e. The summed E-state index contributed by atoms with van der Waals surface area (Å²) in [4.78, 5) is 37.0. The number of urea groups is 1. The van der Waals surface area contributed by atoms with Crippen molar-refractivity contribution in [1.82, 2.24) is 15.5 Å². The molecule has 2 N–H and O–H groups in total. The van der Waals surface area contributed by atoms with Crippen LogP contribution in [-0.2, 0) is 16.1 Å². The van der Waals surface area contributed by atoms with Crippen molar-refractivity contribution in [2.75, 3.05) is 13.1 Å². The lowest BCUT2D eigenvalue weighted by molar-refractivity contribution is -0.177. The van der Waals surface area contributed by atoms with Gasteiger partial charge in [-0.25, -0.2) is 4.79 Å². The molecule has 0 unspecified atom stereocenters. The number of ketones is 1. The van der Waals surface area contributed by atoms with Gasteiger partial charge in [-0.1, -0.05) is 30.3 Å². The average Bonchev–Trinajstić information content (AvgIpc) is 2.65. The van der Waals surface area contributed by atoms with E-state index >= 15 is 0 Å². The number of carbonyl (C=O) groups excluding carboxylic acids is 3. The molecule has 6 nitrogen and oxygen atoms in total. The van der Waals surface area contributed by atoms with Crippen molar-refractivity contribution in [2.45, 2.75) is 38.5 Å². The first kappa shape index (κ1) is 20.9. The Labute approximate surface area is 155 Å². The summed E-state index contributed by atoms with van der Waals surface area (Å²) in [5, 5.41) is 4.80. The van der Waals surface area contributed by atoms with Gasteiger partial charge in [0.25, 0.3) is 0 Å². The highest BCUT2D eigenvalue weighted by Crippen LogP contribution is 2.28. The van der Waals surface area contributed by atoms with Crippen LogP contribution in [0.3, 0.4) is 0 Å². The summed E-state index contributed by atoms with van der Waals surface area (Å²) in [6, 6.07) is 7.84. The minimum atomic E-state index is -4.83. The van der Waals surface area contributed by atoms with E-state index in [1.165, 1.54) is 0 Å². The van der Waals surface area contributed by atoms with Crippen LogP contribution in [0.4, 0.5) is 18.0 Å². The Morgan fingerprint density at radius 1 is 1.15 bits per heavy atom. The normalized spacial score (nSPS) is 17.2. The molecule has 9 heteroatoms. The summed E-state index contributed by atoms with van der Waals surface area (Å²) in [5.41, 5.74) is 0.879. The Kier molecular flexibility index (Phi) is 6.95. The van der Waals surface area contributed by atoms with Gasteiger partial charge in [0.15, 0.2) is 0 Å². The first-order chi connectivity index (χ1) is 12.7. The van der Waals surface area contributed by atoms with Gasteiger partial charge in [-0.15, -0.1) is 0 Å². The predicted molar refractivity (Wildman–Crippen MR) is 91.6 cm³/mol. The van der Waals surface area contributed by atoms with E-state index in [1.54, 1.807) is 11.8 Å². The largest absolute Gasteiger partial charge is 0.450 e. The Morgan fingerprint density at radius 3 is 2.30 bits per heavy atom. The van der Waals surface area contributed by atoms with Gasteiger partial charge in [-0.2, -0.15) is 13.2 Å². The van der Waals surface area contributed by atoms with Crippen LogP contribution in [0.15, 0.2) is 30.3 Å². The number of amides is 3. The van der Waals surface area contributed by atoms with Crippen LogP contribution in [0.1, 0.15) is 25.3 Å². The maximum atomic E-state index is 12.5. The Balaban J connectivity index is 1.77. The molecule has 0 aliphatic carbocycles. The summed E-state index contributed by atoms with van der Waals surface area (Å²) in [7, 11) is 0. The van der Waals surface area contributed by atoms with Gasteiger partial charge in [0.1, 0.15) is 0 Å². The fourth-order valence-corrected chi connectivity index (χ4v) is 2.98. The fraction of sp³-hybridized carbons (Fsp3) is 0.500. The lowest BCUT2D eigenvalue weighted by Gasteiger charge is -2.34. The molecule has 1 aromatic rings. The first-order valence-corrected chi connectivity index (χ1v) is 8.66. The van der Waals surface area contributed by atoms with E-state index in [9.17, 15) is 27.6 Å². The van der Waals surface area contributed by atoms with Crippen LogP contribution in [0.5, 0.6) is 0 Å². The van der Waals surface area contributed by atoms with Gasteiger partial charge in [0, 0.05) is 12.5 Å². The molecule has 1 fully saturated rings. The van der Waals surface area contributed by atoms with Crippen LogP contribution in [0, 0.1) is 5.92 Å². The molecular formula is C18H22F3N3O3. The zero-order valence-electron chi connectivity index (χ0n) is 14.9. The maximum Gasteiger partial charge on any atom is 0.450 e. The molecule has 27 heavy (non-hydrogen) atoms. The van der Waals surface area contributed by atoms with E-state index in [0.717, 1.165) is 5.56 Å². The highest BCUT2D eigenvalue weighted by atomic mass is 19.4. The highest BCUT2D eigenvalue weighted by molar-refractivity contribution is 5.96. The molecule has 0 bridgehead atoms. The number of rotatable bonds is 5. The van der Waals surface area contributed by atoms with Crippen molar-refractivity contribution in [2.24, 2.45) is 5.92 Å². The van der Waals surface area contributed by atoms with Crippen LogP contribution >= 0.6 is 0 Å². The van der Waals surface area contributed by atoms with Crippen LogP contribution in [-0.4, -0.2) is 47.9 Å². The lowest BCUT2D eigenvalue weighted by atomic mass is 9.91. The number of imide groups is 1. The van der Waals surface area contributed by atoms with E-state index in [2.05, 4.69) is 10.6 Å². The summed E-state index contributed by atoms with van der Waals surface area (Å²) >= 11 is 0. The molecule has 1 aliphatic heterocycles. The molecule has 1 saturated heterocycles. The fourth-order valence-electron chi connectivity index (χ4n) is 2.98. The van der Waals surface area contributed by atoms with Gasteiger partial charge in [0.2, 0.25) is 11.7 Å². The Bertz CT molecular complexity index is 671. The third-order valence-electron chi connectivity index (χ3n) is 4.64. The van der Waals surface area contributed by atoms with Crippen LogP contribution in [0.2, 0.25) is 0 Å². The Morgan fingerprint density at radius 2 is 1.74 bits per heavy atom. The second kappa shape index (κ2) is 8.98. The number of carbonyl (C=O) groups is 3. The summed E-state index contributed by atoms with van der Waals surface area (Å²) < 4.78 is 37.5. The molecule has 3 amide bonds. The van der Waals surface area contributed by atoms with Gasteiger partial charge in [-0.05, 0) is 38.4 Å². The third kappa shape index (κ3) is 6.06. The zero-order chi connectivity index (χ0) is 20.0. The molecular weight excluding hydrogens is 363 g/mol. The molecule has 1 aliphatic rings. The molecule has 0 saturated carbocycles. The monoisotopic (exact) mass is 385 g/mol. The second-order valence-corrected chi connectivity index (χ2v) is 6.51. The number of nitrogens with zero attached hydrogens (tertiary/aromatic N) is 1. The van der Waals surface area contributed by atoms with Gasteiger partial charge >= 0.3 is 12.2 Å². The van der Waals surface area contributed by atoms with Gasteiger partial charge < -0.3 is 5.32 Å². The average molecular weight is 385 g/mol. The minimum Gasteiger partial charge on any atom is -0.334 e. The van der Waals surface area contributed by atoms with E-state index < -0.39 is 35.9 Å². The number of likely N-dealkylation sites (tertiary alicyclic amines) is 1. The van der Waals surface area contributed by atoms with Gasteiger partial charge in [0.05, 0.1) is 6.04 Å². The number of Topliss-reactive ketones (excluding diaryl/α,β-unsaturated/α-hetero) is 1. The maximum absolute atomic E-state index is 12.5. The third-order valence-corrected chi connectivity index (χ3v) is 4.64. The van der Waals surface area contributed by atoms with Crippen molar-refractivity contribution in [1.29, 1.82) is 0 Å². The quantitative estimate of drug-likeness (QED) is 0.815. The number of hydrogen-bond acceptors (Lipinski definition) is 4. The standard InChI is InChI=1S/C18H22F3N3O3/c1-12(24-9-7-14(8-10-24)15(25)18(19,20)21)16(26)23-17(27)22-11-13-5-3-2-4-6-13/h2-6,12,14H,7-11H2,1H3,(H2,22,23,26,27)/t12-/m0/s1. The summed E-state index contributed by atoms with van der Waals surface area (Å²) in [5.74, 6) is -3.31. The molecule has 0 aromatic heterocycles. The molecule has 1 atom stereocenters. The van der Waals surface area contributed by atoms with Crippen LogP contribution < -0.4 is 10.6 Å². The van der Waals surface area contributed by atoms with Crippen molar-refractivity contribution in [3.05, 3.63) is 35.9 Å². The van der Waals surface area contributed by atoms with Crippen molar-refractivity contribution < 1.29 is 27.6 Å². The molecule has 2 rings (SSSR count). The summed E-state index contributed by atoms with van der Waals surface area (Å²) in [6.45, 7) is 2.21. The van der Waals surface area contributed by atoms with E-state index in [4.69, 9.17) is 0 Å². The highest BCUT2D eigenvalue weighted by Gasteiger charge is 2.44. The number of nitrogens with one attached hydrogen (secondary N) is 2. The SMILES string of the molecule is C[C@@H](C(=O)NC(=O)NCc1ccccc1)N1CCC(C(=O)C(F)(F)F)CC1. The Hall–Kier alpha value is -2.42. The van der Waals surface area contributed by atoms with Crippen molar-refractivity contribution in [3.8, 4) is 0 Å². The zero-order valence-corrected chi connectivity index (χ0v) is 14.9. The van der Waals surface area contributed by atoms with Crippen LogP contribution in [0.25, 0.3) is 0 Å². The van der Waals surface area contributed by atoms with E-state index in [1.807, 2.05) is 30.3 Å². The number of halogens is 3. The first-order valence-electron chi connectivity index (χ1n) is 8.66. The lowest BCUT2D eigenvalue weighted by Crippen LogP contribution is -2.52. The molecule has 148 valence electrons.